The number of aryl methyl sites for hydroxylation is 1. The Balaban J connectivity index is 1.36. The van der Waals surface area contributed by atoms with Crippen LogP contribution in [0, 0.1) is 12.7 Å². The highest BCUT2D eigenvalue weighted by atomic mass is 19.1. The van der Waals surface area contributed by atoms with Crippen LogP contribution in [0.2, 0.25) is 0 Å². The number of hydrogen-bond donors (Lipinski definition) is 1. The summed E-state index contributed by atoms with van der Waals surface area (Å²) in [5.41, 5.74) is 4.40. The number of fused-ring (bicyclic) bond motifs is 1. The van der Waals surface area contributed by atoms with Gasteiger partial charge in [-0.2, -0.15) is 0 Å². The number of nitrogens with one attached hydrogen (secondary N) is 1. The number of aromatic nitrogens is 1. The minimum absolute atomic E-state index is 0.0729. The van der Waals surface area contributed by atoms with Gasteiger partial charge in [-0.1, -0.05) is 42.5 Å². The van der Waals surface area contributed by atoms with Gasteiger partial charge in [0.15, 0.2) is 0 Å². The summed E-state index contributed by atoms with van der Waals surface area (Å²) in [5.74, 6) is 1.12. The quantitative estimate of drug-likeness (QED) is 0.376. The molecule has 1 aliphatic rings. The van der Waals surface area contributed by atoms with E-state index in [9.17, 15) is 9.18 Å². The Bertz CT molecular complexity index is 1300. The number of aromatic amines is 1. The second-order valence-corrected chi connectivity index (χ2v) is 9.11. The molecule has 3 nitrogen and oxygen atoms in total. The number of rotatable bonds is 5. The van der Waals surface area contributed by atoms with E-state index in [0.29, 0.717) is 11.3 Å². The standard InChI is InChI=1S/C29H28FNO2/c1-19-15-27-26(23(18-31-29(27)32)16-20-5-3-2-4-6-20)17-28(19)33-25-13-9-22(10-14-25)21-7-11-24(30)12-8-21/h2-8,11-12,15,17-18,22,25H,9-10,13-14,16H2,1H3,(H,31,32). The lowest BCUT2D eigenvalue weighted by molar-refractivity contribution is 0.145. The molecule has 0 amide bonds. The first-order valence-electron chi connectivity index (χ1n) is 11.7. The van der Waals surface area contributed by atoms with Crippen molar-refractivity contribution in [2.45, 2.75) is 51.0 Å². The van der Waals surface area contributed by atoms with Gasteiger partial charge in [0.2, 0.25) is 0 Å². The summed E-state index contributed by atoms with van der Waals surface area (Å²) < 4.78 is 19.7. The van der Waals surface area contributed by atoms with Gasteiger partial charge < -0.3 is 9.72 Å². The molecule has 0 saturated heterocycles. The van der Waals surface area contributed by atoms with Crippen LogP contribution < -0.4 is 10.3 Å². The van der Waals surface area contributed by atoms with Crippen LogP contribution in [0.4, 0.5) is 4.39 Å². The van der Waals surface area contributed by atoms with Crippen LogP contribution in [0.25, 0.3) is 10.8 Å². The summed E-state index contributed by atoms with van der Waals surface area (Å²) in [5, 5.41) is 1.65. The molecule has 0 radical (unpaired) electrons. The number of halogens is 1. The van der Waals surface area contributed by atoms with Crippen molar-refractivity contribution in [3.8, 4) is 5.75 Å². The van der Waals surface area contributed by atoms with Crippen molar-refractivity contribution in [3.63, 3.8) is 0 Å². The molecule has 0 atom stereocenters. The SMILES string of the molecule is Cc1cc2c(=O)[nH]cc(Cc3ccccc3)c2cc1OC1CCC(c2ccc(F)cc2)CC1. The van der Waals surface area contributed by atoms with Crippen molar-refractivity contribution in [2.75, 3.05) is 0 Å². The molecule has 1 aliphatic carbocycles. The van der Waals surface area contributed by atoms with Gasteiger partial charge in [0, 0.05) is 11.6 Å². The van der Waals surface area contributed by atoms with Crippen molar-refractivity contribution in [2.24, 2.45) is 0 Å². The fraction of sp³-hybridized carbons (Fsp3) is 0.276. The number of H-pyrrole nitrogens is 1. The zero-order valence-electron chi connectivity index (χ0n) is 18.8. The summed E-state index contributed by atoms with van der Waals surface area (Å²) in [7, 11) is 0. The monoisotopic (exact) mass is 441 g/mol. The Labute approximate surface area is 193 Å². The highest BCUT2D eigenvalue weighted by Gasteiger charge is 2.24. The van der Waals surface area contributed by atoms with E-state index in [-0.39, 0.29) is 17.5 Å². The van der Waals surface area contributed by atoms with Gasteiger partial charge >= 0.3 is 0 Å². The van der Waals surface area contributed by atoms with Gasteiger partial charge in [0.05, 0.1) is 6.10 Å². The van der Waals surface area contributed by atoms with E-state index < -0.39 is 0 Å². The van der Waals surface area contributed by atoms with Crippen LogP contribution in [0.1, 0.15) is 53.9 Å². The molecule has 168 valence electrons. The van der Waals surface area contributed by atoms with Crippen LogP contribution in [0.15, 0.2) is 77.7 Å². The molecule has 1 N–H and O–H groups in total. The highest BCUT2D eigenvalue weighted by Crippen LogP contribution is 2.36. The predicted octanol–water partition coefficient (Wildman–Crippen LogP) is 6.67. The summed E-state index contributed by atoms with van der Waals surface area (Å²) >= 11 is 0. The van der Waals surface area contributed by atoms with Gasteiger partial charge in [-0.25, -0.2) is 4.39 Å². The molecule has 0 aliphatic heterocycles. The maximum absolute atomic E-state index is 13.2. The molecule has 0 bridgehead atoms. The number of benzene rings is 3. The Kier molecular flexibility index (Phi) is 5.99. The lowest BCUT2D eigenvalue weighted by Gasteiger charge is -2.30. The summed E-state index contributed by atoms with van der Waals surface area (Å²) in [6.45, 7) is 2.00. The van der Waals surface area contributed by atoms with Crippen molar-refractivity contribution in [1.82, 2.24) is 4.98 Å². The lowest BCUT2D eigenvalue weighted by atomic mass is 9.82. The Hall–Kier alpha value is -3.40. The van der Waals surface area contributed by atoms with Gasteiger partial charge in [-0.3, -0.25) is 4.79 Å². The van der Waals surface area contributed by atoms with Gasteiger partial charge in [0.1, 0.15) is 11.6 Å². The van der Waals surface area contributed by atoms with Crippen molar-refractivity contribution in [3.05, 3.63) is 111 Å². The first kappa shape index (κ1) is 21.4. The van der Waals surface area contributed by atoms with Crippen LogP contribution >= 0.6 is 0 Å². The molecule has 4 aromatic rings. The fourth-order valence-electron chi connectivity index (χ4n) is 4.97. The Morgan fingerprint density at radius 3 is 2.39 bits per heavy atom. The molecule has 0 spiro atoms. The third-order valence-corrected chi connectivity index (χ3v) is 6.83. The smallest absolute Gasteiger partial charge is 0.255 e. The third kappa shape index (κ3) is 4.70. The van der Waals surface area contributed by atoms with Crippen molar-refractivity contribution < 1.29 is 9.13 Å². The van der Waals surface area contributed by atoms with Gasteiger partial charge in [-0.15, -0.1) is 0 Å². The average Bonchev–Trinajstić information content (AvgIpc) is 2.84. The van der Waals surface area contributed by atoms with Crippen molar-refractivity contribution >= 4 is 10.8 Å². The van der Waals surface area contributed by atoms with Gasteiger partial charge in [-0.05, 0) is 96.9 Å². The fourth-order valence-corrected chi connectivity index (χ4v) is 4.97. The maximum atomic E-state index is 13.2. The zero-order valence-corrected chi connectivity index (χ0v) is 18.8. The minimum atomic E-state index is -0.187. The zero-order chi connectivity index (χ0) is 22.8. The molecule has 5 rings (SSSR count). The Morgan fingerprint density at radius 1 is 0.939 bits per heavy atom. The maximum Gasteiger partial charge on any atom is 0.255 e. The summed E-state index contributed by atoms with van der Waals surface area (Å²) in [4.78, 5) is 15.4. The molecule has 1 saturated carbocycles. The number of pyridine rings is 1. The largest absolute Gasteiger partial charge is 0.490 e. The number of hydrogen-bond acceptors (Lipinski definition) is 2. The molecule has 0 unspecified atom stereocenters. The molecule has 1 aromatic heterocycles. The normalized spacial score (nSPS) is 18.4. The topological polar surface area (TPSA) is 42.1 Å². The first-order chi connectivity index (χ1) is 16.1. The highest BCUT2D eigenvalue weighted by molar-refractivity contribution is 5.87. The Morgan fingerprint density at radius 2 is 1.67 bits per heavy atom. The second-order valence-electron chi connectivity index (χ2n) is 9.11. The molecular weight excluding hydrogens is 413 g/mol. The predicted molar refractivity (Wildman–Crippen MR) is 131 cm³/mol. The van der Waals surface area contributed by atoms with E-state index in [1.165, 1.54) is 11.1 Å². The molecule has 33 heavy (non-hydrogen) atoms. The minimum Gasteiger partial charge on any atom is -0.490 e. The average molecular weight is 442 g/mol. The summed E-state index contributed by atoms with van der Waals surface area (Å²) in [6, 6.07) is 21.2. The second kappa shape index (κ2) is 9.22. The van der Waals surface area contributed by atoms with Crippen LogP contribution in [0.3, 0.4) is 0 Å². The van der Waals surface area contributed by atoms with Crippen LogP contribution in [0.5, 0.6) is 5.75 Å². The first-order valence-corrected chi connectivity index (χ1v) is 11.7. The van der Waals surface area contributed by atoms with Gasteiger partial charge in [0.25, 0.3) is 5.56 Å². The molecule has 1 fully saturated rings. The molecule has 1 heterocycles. The molecular formula is C29H28FNO2. The lowest BCUT2D eigenvalue weighted by Crippen LogP contribution is -2.23. The third-order valence-electron chi connectivity index (χ3n) is 6.83. The van der Waals surface area contributed by atoms with E-state index in [1.807, 2.05) is 55.6 Å². The summed E-state index contributed by atoms with van der Waals surface area (Å²) in [6.07, 6.45) is 6.71. The molecule has 4 heteroatoms. The van der Waals surface area contributed by atoms with Crippen molar-refractivity contribution in [1.29, 1.82) is 0 Å². The number of ether oxygens (including phenoxy) is 1. The van der Waals surface area contributed by atoms with E-state index in [1.54, 1.807) is 12.1 Å². The van der Waals surface area contributed by atoms with Crippen LogP contribution in [-0.4, -0.2) is 11.1 Å². The van der Waals surface area contributed by atoms with E-state index >= 15 is 0 Å². The van der Waals surface area contributed by atoms with E-state index in [4.69, 9.17) is 4.74 Å². The van der Waals surface area contributed by atoms with Crippen LogP contribution in [-0.2, 0) is 6.42 Å². The molecule has 3 aromatic carbocycles. The van der Waals surface area contributed by atoms with E-state index in [0.717, 1.165) is 54.4 Å². The van der Waals surface area contributed by atoms with E-state index in [2.05, 4.69) is 17.1 Å².